The smallest absolute Gasteiger partial charge is 0.257 e. The van der Waals surface area contributed by atoms with E-state index in [1.165, 1.54) is 5.56 Å². The largest absolute Gasteiger partial charge is 0.493 e. The minimum absolute atomic E-state index is 0.0501. The molecule has 0 unspecified atom stereocenters. The van der Waals surface area contributed by atoms with E-state index >= 15 is 0 Å². The van der Waals surface area contributed by atoms with Crippen LogP contribution in [0.1, 0.15) is 28.8 Å². The highest BCUT2D eigenvalue weighted by Gasteiger charge is 2.33. The van der Waals surface area contributed by atoms with E-state index in [0.29, 0.717) is 42.6 Å². The fourth-order valence-electron chi connectivity index (χ4n) is 4.76. The molecule has 2 aromatic carbocycles. The molecule has 1 aliphatic rings. The maximum Gasteiger partial charge on any atom is 0.257 e. The number of piperidine rings is 1. The second kappa shape index (κ2) is 11.9. The van der Waals surface area contributed by atoms with E-state index in [-0.39, 0.29) is 17.9 Å². The summed E-state index contributed by atoms with van der Waals surface area (Å²) in [4.78, 5) is 31.9. The number of carbonyl (C=O) groups is 2. The van der Waals surface area contributed by atoms with Crippen molar-refractivity contribution in [2.24, 2.45) is 5.92 Å². The van der Waals surface area contributed by atoms with Gasteiger partial charge < -0.3 is 24.2 Å². The standard InChI is InChI=1S/C27H37N3O4/c1-28(2)19-25(31)29(3)23(18-20-10-7-6-8-11-20)21-14-16-30(17-15-21)27(32)22-12-9-13-24(33-4)26(22)34-5/h6-13,21,23H,14-19H2,1-5H3/t23-/m1/s1. The van der Waals surface area contributed by atoms with E-state index in [9.17, 15) is 9.59 Å². The second-order valence-corrected chi connectivity index (χ2v) is 9.17. The normalized spacial score (nSPS) is 15.2. The van der Waals surface area contributed by atoms with Crippen LogP contribution in [0.4, 0.5) is 0 Å². The molecule has 2 aromatic rings. The molecule has 0 spiro atoms. The molecule has 2 amide bonds. The van der Waals surface area contributed by atoms with Crippen molar-refractivity contribution in [2.75, 3.05) is 55.0 Å². The average molecular weight is 468 g/mol. The molecule has 1 saturated heterocycles. The van der Waals surface area contributed by atoms with E-state index in [1.807, 2.05) is 60.1 Å². The maximum absolute atomic E-state index is 13.3. The highest BCUT2D eigenvalue weighted by atomic mass is 16.5. The van der Waals surface area contributed by atoms with E-state index < -0.39 is 0 Å². The molecule has 34 heavy (non-hydrogen) atoms. The van der Waals surface area contributed by atoms with Gasteiger partial charge in [-0.1, -0.05) is 36.4 Å². The number of amides is 2. The number of methoxy groups -OCH3 is 2. The van der Waals surface area contributed by atoms with Crippen molar-refractivity contribution in [3.63, 3.8) is 0 Å². The van der Waals surface area contributed by atoms with Crippen molar-refractivity contribution in [2.45, 2.75) is 25.3 Å². The lowest BCUT2D eigenvalue weighted by Crippen LogP contribution is -2.50. The zero-order chi connectivity index (χ0) is 24.7. The molecule has 0 aliphatic carbocycles. The van der Waals surface area contributed by atoms with Gasteiger partial charge in [-0.3, -0.25) is 9.59 Å². The number of nitrogens with zero attached hydrogens (tertiary/aromatic N) is 3. The molecule has 7 nitrogen and oxygen atoms in total. The highest BCUT2D eigenvalue weighted by molar-refractivity contribution is 5.97. The molecule has 0 saturated carbocycles. The first-order chi connectivity index (χ1) is 16.3. The molecule has 1 atom stereocenters. The number of likely N-dealkylation sites (N-methyl/N-ethyl adjacent to an activating group) is 2. The van der Waals surface area contributed by atoms with E-state index in [2.05, 4.69) is 12.1 Å². The monoisotopic (exact) mass is 467 g/mol. The third kappa shape index (κ3) is 6.08. The Morgan fingerprint density at radius 2 is 1.65 bits per heavy atom. The molecule has 0 aromatic heterocycles. The highest BCUT2D eigenvalue weighted by Crippen LogP contribution is 2.33. The number of benzene rings is 2. The molecule has 1 aliphatic heterocycles. The number of hydrogen-bond acceptors (Lipinski definition) is 5. The fraction of sp³-hybridized carbons (Fsp3) is 0.481. The Morgan fingerprint density at radius 1 is 0.971 bits per heavy atom. The van der Waals surface area contributed by atoms with Crippen LogP contribution in [0.25, 0.3) is 0 Å². The molecule has 3 rings (SSSR count). The molecule has 1 fully saturated rings. The van der Waals surface area contributed by atoms with Crippen LogP contribution in [-0.2, 0) is 11.2 Å². The number of carbonyl (C=O) groups excluding carboxylic acids is 2. The van der Waals surface area contributed by atoms with Crippen LogP contribution < -0.4 is 9.47 Å². The van der Waals surface area contributed by atoms with E-state index in [4.69, 9.17) is 9.47 Å². The van der Waals surface area contributed by atoms with Gasteiger partial charge in [0.25, 0.3) is 5.91 Å². The molecule has 184 valence electrons. The summed E-state index contributed by atoms with van der Waals surface area (Å²) in [6, 6.07) is 15.8. The van der Waals surface area contributed by atoms with Crippen LogP contribution in [0.3, 0.4) is 0 Å². The van der Waals surface area contributed by atoms with Crippen LogP contribution in [0.2, 0.25) is 0 Å². The van der Waals surface area contributed by atoms with Gasteiger partial charge in [-0.05, 0) is 57.0 Å². The van der Waals surface area contributed by atoms with Gasteiger partial charge in [0.15, 0.2) is 11.5 Å². The molecule has 1 heterocycles. The van der Waals surface area contributed by atoms with Crippen molar-refractivity contribution in [3.8, 4) is 11.5 Å². The summed E-state index contributed by atoms with van der Waals surface area (Å²) < 4.78 is 10.8. The number of ether oxygens (including phenoxy) is 2. The molecule has 7 heteroatoms. The lowest BCUT2D eigenvalue weighted by atomic mass is 9.84. The summed E-state index contributed by atoms with van der Waals surface area (Å²) in [6.45, 7) is 1.67. The Bertz CT molecular complexity index is 956. The number of para-hydroxylation sites is 1. The zero-order valence-corrected chi connectivity index (χ0v) is 21.0. The SMILES string of the molecule is COc1cccc(C(=O)N2CCC([C@@H](Cc3ccccc3)N(C)C(=O)CN(C)C)CC2)c1OC. The topological polar surface area (TPSA) is 62.3 Å². The minimum Gasteiger partial charge on any atom is -0.493 e. The third-order valence-electron chi connectivity index (χ3n) is 6.63. The zero-order valence-electron chi connectivity index (χ0n) is 21.0. The van der Waals surface area contributed by atoms with Crippen LogP contribution >= 0.6 is 0 Å². The van der Waals surface area contributed by atoms with E-state index in [0.717, 1.165) is 19.3 Å². The predicted octanol–water partition coefficient (Wildman–Crippen LogP) is 3.19. The van der Waals surface area contributed by atoms with Crippen molar-refractivity contribution < 1.29 is 19.1 Å². The average Bonchev–Trinajstić information content (AvgIpc) is 2.86. The predicted molar refractivity (Wildman–Crippen MR) is 133 cm³/mol. The summed E-state index contributed by atoms with van der Waals surface area (Å²) in [7, 11) is 8.86. The van der Waals surface area contributed by atoms with Crippen molar-refractivity contribution in [1.29, 1.82) is 0 Å². The first-order valence-corrected chi connectivity index (χ1v) is 11.8. The Morgan fingerprint density at radius 3 is 2.24 bits per heavy atom. The van der Waals surface area contributed by atoms with Gasteiger partial charge in [0.1, 0.15) is 0 Å². The van der Waals surface area contributed by atoms with Crippen LogP contribution in [0.5, 0.6) is 11.5 Å². The molecular weight excluding hydrogens is 430 g/mol. The Balaban J connectivity index is 1.74. The molecular formula is C27H37N3O4. The third-order valence-corrected chi connectivity index (χ3v) is 6.63. The maximum atomic E-state index is 13.3. The summed E-state index contributed by atoms with van der Waals surface area (Å²) >= 11 is 0. The van der Waals surface area contributed by atoms with Gasteiger partial charge in [0.2, 0.25) is 5.91 Å². The lowest BCUT2D eigenvalue weighted by Gasteiger charge is -2.40. The van der Waals surface area contributed by atoms with Gasteiger partial charge in [-0.2, -0.15) is 0 Å². The summed E-state index contributed by atoms with van der Waals surface area (Å²) in [5.74, 6) is 1.39. The summed E-state index contributed by atoms with van der Waals surface area (Å²) in [5.41, 5.74) is 1.73. The number of likely N-dealkylation sites (tertiary alicyclic amines) is 1. The van der Waals surface area contributed by atoms with Crippen molar-refractivity contribution in [1.82, 2.24) is 14.7 Å². The Labute approximate surface area is 203 Å². The minimum atomic E-state index is -0.0501. The van der Waals surface area contributed by atoms with Crippen molar-refractivity contribution in [3.05, 3.63) is 59.7 Å². The van der Waals surface area contributed by atoms with Gasteiger partial charge in [0, 0.05) is 26.2 Å². The quantitative estimate of drug-likeness (QED) is 0.567. The molecule has 0 bridgehead atoms. The van der Waals surface area contributed by atoms with Gasteiger partial charge in [-0.25, -0.2) is 0 Å². The Kier molecular flexibility index (Phi) is 8.93. The Hall–Kier alpha value is -3.06. The van der Waals surface area contributed by atoms with Gasteiger partial charge in [0.05, 0.1) is 26.3 Å². The fourth-order valence-corrected chi connectivity index (χ4v) is 4.76. The van der Waals surface area contributed by atoms with E-state index in [1.54, 1.807) is 26.4 Å². The summed E-state index contributed by atoms with van der Waals surface area (Å²) in [5, 5.41) is 0. The van der Waals surface area contributed by atoms with Crippen LogP contribution in [0.15, 0.2) is 48.5 Å². The van der Waals surface area contributed by atoms with Crippen LogP contribution in [0, 0.1) is 5.92 Å². The lowest BCUT2D eigenvalue weighted by molar-refractivity contribution is -0.134. The second-order valence-electron chi connectivity index (χ2n) is 9.17. The van der Waals surface area contributed by atoms with Crippen LogP contribution in [-0.4, -0.2) is 87.6 Å². The first kappa shape index (κ1) is 25.6. The summed E-state index contributed by atoms with van der Waals surface area (Å²) in [6.07, 6.45) is 2.49. The van der Waals surface area contributed by atoms with Gasteiger partial charge >= 0.3 is 0 Å². The van der Waals surface area contributed by atoms with Crippen molar-refractivity contribution >= 4 is 11.8 Å². The first-order valence-electron chi connectivity index (χ1n) is 11.8. The number of rotatable bonds is 9. The number of hydrogen-bond donors (Lipinski definition) is 0. The van der Waals surface area contributed by atoms with Gasteiger partial charge in [-0.15, -0.1) is 0 Å². The molecule has 0 radical (unpaired) electrons. The molecule has 0 N–H and O–H groups in total.